The third kappa shape index (κ3) is 2.22. The Kier molecular flexibility index (Phi) is 3.21. The minimum Gasteiger partial charge on any atom is -0.339 e. The molecule has 0 bridgehead atoms. The highest BCUT2D eigenvalue weighted by Crippen LogP contribution is 2.52. The normalized spacial score (nSPS) is 41.6. The average molecular weight is 247 g/mol. The number of fused-ring (bicyclic) bond motifs is 1. The molecule has 0 aromatic rings. The summed E-state index contributed by atoms with van der Waals surface area (Å²) in [4.78, 5) is 14.2. The molecule has 1 saturated heterocycles. The maximum absolute atomic E-state index is 12.0. The zero-order valence-electron chi connectivity index (χ0n) is 11.6. The van der Waals surface area contributed by atoms with Crippen molar-refractivity contribution in [3.8, 4) is 0 Å². The summed E-state index contributed by atoms with van der Waals surface area (Å²) < 4.78 is 0. The summed E-state index contributed by atoms with van der Waals surface area (Å²) in [6.07, 6.45) is 10.8. The summed E-state index contributed by atoms with van der Waals surface area (Å²) in [5.41, 5.74) is 0. The van der Waals surface area contributed by atoms with E-state index in [1.807, 2.05) is 0 Å². The number of nitrogens with zero attached hydrogens (tertiary/aromatic N) is 1. The monoisotopic (exact) mass is 247 g/mol. The summed E-state index contributed by atoms with van der Waals surface area (Å²) in [5.74, 6) is 3.29. The van der Waals surface area contributed by atoms with Gasteiger partial charge in [-0.15, -0.1) is 0 Å². The first-order chi connectivity index (χ1) is 8.72. The Bertz CT molecular complexity index is 362. The number of amides is 1. The van der Waals surface area contributed by atoms with Crippen molar-refractivity contribution >= 4 is 5.91 Å². The predicted molar refractivity (Wildman–Crippen MR) is 73.0 cm³/mol. The molecule has 18 heavy (non-hydrogen) atoms. The van der Waals surface area contributed by atoms with Gasteiger partial charge in [-0.1, -0.05) is 19.1 Å². The third-order valence-corrected chi connectivity index (χ3v) is 5.16. The Balaban J connectivity index is 1.40. The number of hydrogen-bond donors (Lipinski definition) is 0. The van der Waals surface area contributed by atoms with Crippen molar-refractivity contribution in [1.82, 2.24) is 4.90 Å². The molecular weight excluding hydrogens is 222 g/mol. The van der Waals surface area contributed by atoms with E-state index in [-0.39, 0.29) is 0 Å². The fourth-order valence-electron chi connectivity index (χ4n) is 3.67. The molecule has 5 atom stereocenters. The lowest BCUT2D eigenvalue weighted by atomic mass is 10.1. The molecule has 2 aliphatic carbocycles. The van der Waals surface area contributed by atoms with E-state index in [0.717, 1.165) is 24.8 Å². The molecule has 2 heteroatoms. The second-order valence-electron chi connectivity index (χ2n) is 6.45. The summed E-state index contributed by atoms with van der Waals surface area (Å²) in [5, 5.41) is 0. The average Bonchev–Trinajstić information content (AvgIpc) is 3.23. The molecule has 1 amide bonds. The van der Waals surface area contributed by atoms with Gasteiger partial charge in [0.05, 0.1) is 0 Å². The number of rotatable bonds is 6. The number of carbonyl (C=O) groups excluding carboxylic acids is 1. The van der Waals surface area contributed by atoms with Gasteiger partial charge in [0.2, 0.25) is 5.91 Å². The van der Waals surface area contributed by atoms with Gasteiger partial charge < -0.3 is 4.90 Å². The molecule has 3 rings (SSSR count). The van der Waals surface area contributed by atoms with Gasteiger partial charge in [-0.25, -0.2) is 0 Å². The number of piperidine rings is 1. The molecular formula is C16H25NO. The van der Waals surface area contributed by atoms with Gasteiger partial charge >= 0.3 is 0 Å². The zero-order chi connectivity index (χ0) is 12.7. The van der Waals surface area contributed by atoms with Crippen LogP contribution in [0.2, 0.25) is 0 Å². The van der Waals surface area contributed by atoms with E-state index < -0.39 is 0 Å². The van der Waals surface area contributed by atoms with Crippen LogP contribution in [0.4, 0.5) is 0 Å². The summed E-state index contributed by atoms with van der Waals surface area (Å²) in [6.45, 7) is 5.48. The molecule has 1 heterocycles. The predicted octanol–water partition coefficient (Wildman–Crippen LogP) is 3.24. The Labute approximate surface area is 110 Å². The van der Waals surface area contributed by atoms with Gasteiger partial charge in [0.25, 0.3) is 0 Å². The van der Waals surface area contributed by atoms with E-state index in [1.54, 1.807) is 0 Å². The van der Waals surface area contributed by atoms with Crippen molar-refractivity contribution < 1.29 is 4.79 Å². The molecule has 3 aliphatic rings. The lowest BCUT2D eigenvalue weighted by Gasteiger charge is -2.24. The molecule has 2 saturated carbocycles. The largest absolute Gasteiger partial charge is 0.339 e. The van der Waals surface area contributed by atoms with Crippen LogP contribution in [-0.2, 0) is 4.79 Å². The summed E-state index contributed by atoms with van der Waals surface area (Å²) in [6, 6.07) is 0.531. The number of carbonyl (C=O) groups is 1. The van der Waals surface area contributed by atoms with Gasteiger partial charge in [-0.2, -0.15) is 0 Å². The van der Waals surface area contributed by atoms with E-state index in [9.17, 15) is 4.79 Å². The smallest absolute Gasteiger partial charge is 0.226 e. The quantitative estimate of drug-likeness (QED) is 0.660. The van der Waals surface area contributed by atoms with E-state index in [0.29, 0.717) is 23.8 Å². The minimum absolute atomic E-state index is 0.421. The number of allylic oxidation sites excluding steroid dienone is 2. The Morgan fingerprint density at radius 1 is 1.28 bits per heavy atom. The molecule has 5 unspecified atom stereocenters. The van der Waals surface area contributed by atoms with E-state index >= 15 is 0 Å². The zero-order valence-corrected chi connectivity index (χ0v) is 11.6. The molecule has 0 spiro atoms. The maximum atomic E-state index is 12.0. The molecule has 2 nitrogen and oxygen atoms in total. The maximum Gasteiger partial charge on any atom is 0.226 e. The van der Waals surface area contributed by atoms with Crippen LogP contribution < -0.4 is 0 Å². The van der Waals surface area contributed by atoms with E-state index in [1.165, 1.54) is 25.7 Å². The van der Waals surface area contributed by atoms with Crippen LogP contribution in [0.15, 0.2) is 12.2 Å². The SMILES string of the molecule is CC/C=C\CCC1CC1CN1C(=O)C2CC2C1C. The highest BCUT2D eigenvalue weighted by Gasteiger charge is 2.57. The van der Waals surface area contributed by atoms with Crippen LogP contribution in [0.25, 0.3) is 0 Å². The molecule has 0 N–H and O–H groups in total. The van der Waals surface area contributed by atoms with Crippen molar-refractivity contribution in [2.45, 2.75) is 52.0 Å². The van der Waals surface area contributed by atoms with Crippen LogP contribution in [0.1, 0.15) is 46.0 Å². The Morgan fingerprint density at radius 2 is 2.11 bits per heavy atom. The van der Waals surface area contributed by atoms with Crippen molar-refractivity contribution in [2.24, 2.45) is 23.7 Å². The minimum atomic E-state index is 0.421. The standard InChI is InChI=1S/C16H25NO/c1-3-4-5-6-7-12-8-13(12)10-17-11(2)14-9-15(14)16(17)18/h4-5,11-15H,3,6-10H2,1-2H3/b5-4-. The molecule has 1 aliphatic heterocycles. The van der Waals surface area contributed by atoms with Gasteiger partial charge in [-0.3, -0.25) is 4.79 Å². The van der Waals surface area contributed by atoms with Crippen molar-refractivity contribution in [1.29, 1.82) is 0 Å². The summed E-state index contributed by atoms with van der Waals surface area (Å²) >= 11 is 0. The second-order valence-corrected chi connectivity index (χ2v) is 6.45. The van der Waals surface area contributed by atoms with Gasteiger partial charge in [0.15, 0.2) is 0 Å². The summed E-state index contributed by atoms with van der Waals surface area (Å²) in [7, 11) is 0. The first kappa shape index (κ1) is 12.3. The van der Waals surface area contributed by atoms with E-state index in [4.69, 9.17) is 0 Å². The van der Waals surface area contributed by atoms with Crippen LogP contribution in [0.3, 0.4) is 0 Å². The number of hydrogen-bond acceptors (Lipinski definition) is 1. The second kappa shape index (κ2) is 4.71. The fraction of sp³-hybridized carbons (Fsp3) is 0.812. The molecule has 100 valence electrons. The number of likely N-dealkylation sites (tertiary alicyclic amines) is 1. The molecule has 0 aromatic carbocycles. The first-order valence-electron chi connectivity index (χ1n) is 7.67. The topological polar surface area (TPSA) is 20.3 Å². The lowest BCUT2D eigenvalue weighted by molar-refractivity contribution is -0.131. The van der Waals surface area contributed by atoms with E-state index in [2.05, 4.69) is 30.9 Å². The highest BCUT2D eigenvalue weighted by atomic mass is 16.2. The van der Waals surface area contributed by atoms with Crippen molar-refractivity contribution in [2.75, 3.05) is 6.54 Å². The Hall–Kier alpha value is -0.790. The van der Waals surface area contributed by atoms with Crippen LogP contribution in [0, 0.1) is 23.7 Å². The van der Waals surface area contributed by atoms with Crippen molar-refractivity contribution in [3.05, 3.63) is 12.2 Å². The molecule has 3 fully saturated rings. The van der Waals surface area contributed by atoms with Gasteiger partial charge in [0, 0.05) is 18.5 Å². The molecule has 0 radical (unpaired) electrons. The van der Waals surface area contributed by atoms with Crippen molar-refractivity contribution in [3.63, 3.8) is 0 Å². The highest BCUT2D eigenvalue weighted by molar-refractivity contribution is 5.85. The Morgan fingerprint density at radius 3 is 2.78 bits per heavy atom. The van der Waals surface area contributed by atoms with Gasteiger partial charge in [-0.05, 0) is 56.8 Å². The first-order valence-corrected chi connectivity index (χ1v) is 7.67. The van der Waals surface area contributed by atoms with Crippen LogP contribution in [0.5, 0.6) is 0 Å². The molecule has 0 aromatic heterocycles. The van der Waals surface area contributed by atoms with Gasteiger partial charge in [0.1, 0.15) is 0 Å². The lowest BCUT2D eigenvalue weighted by Crippen LogP contribution is -2.36. The van der Waals surface area contributed by atoms with Crippen LogP contribution in [-0.4, -0.2) is 23.4 Å². The fourth-order valence-corrected chi connectivity index (χ4v) is 3.67. The van der Waals surface area contributed by atoms with Crippen LogP contribution >= 0.6 is 0 Å². The third-order valence-electron chi connectivity index (χ3n) is 5.16.